The molecule has 0 radical (unpaired) electrons. The lowest BCUT2D eigenvalue weighted by Gasteiger charge is -2.17. The lowest BCUT2D eigenvalue weighted by Crippen LogP contribution is -2.22. The van der Waals surface area contributed by atoms with Crippen molar-refractivity contribution in [1.29, 1.82) is 0 Å². The summed E-state index contributed by atoms with van der Waals surface area (Å²) in [6.07, 6.45) is -14.5. The molecule has 0 aliphatic heterocycles. The number of rotatable bonds is 2. The Morgan fingerprint density at radius 2 is 1.63 bits per heavy atom. The molecule has 19 heavy (non-hydrogen) atoms. The third-order valence-electron chi connectivity index (χ3n) is 1.69. The SMILES string of the molecule is FC(F)c1cc(I)nc(C(F)(F)F)c1OC(F)(F)F. The van der Waals surface area contributed by atoms with Gasteiger partial charge >= 0.3 is 12.5 Å². The van der Waals surface area contributed by atoms with Gasteiger partial charge in [-0.25, -0.2) is 13.8 Å². The summed E-state index contributed by atoms with van der Waals surface area (Å²) in [5.41, 5.74) is -3.67. The lowest BCUT2D eigenvalue weighted by atomic mass is 10.2. The Bertz CT molecular complexity index is 469. The van der Waals surface area contributed by atoms with Gasteiger partial charge in [-0.1, -0.05) is 0 Å². The van der Waals surface area contributed by atoms with Crippen molar-refractivity contribution < 1.29 is 39.9 Å². The summed E-state index contributed by atoms with van der Waals surface area (Å²) >= 11 is 1.18. The maximum Gasteiger partial charge on any atom is 0.573 e. The van der Waals surface area contributed by atoms with Crippen molar-refractivity contribution in [2.75, 3.05) is 0 Å². The Morgan fingerprint density at radius 3 is 2.00 bits per heavy atom. The Kier molecular flexibility index (Phi) is 4.47. The molecule has 0 N–H and O–H groups in total. The number of nitrogens with zero attached hydrogens (tertiary/aromatic N) is 1. The summed E-state index contributed by atoms with van der Waals surface area (Å²) in [5.74, 6) is -2.03. The van der Waals surface area contributed by atoms with Crippen LogP contribution in [0.1, 0.15) is 17.7 Å². The molecule has 1 rings (SSSR count). The predicted molar refractivity (Wildman–Crippen MR) is 53.6 cm³/mol. The molecule has 0 unspecified atom stereocenters. The van der Waals surface area contributed by atoms with Gasteiger partial charge in [-0.2, -0.15) is 13.2 Å². The molecule has 108 valence electrons. The Balaban J connectivity index is 3.52. The number of pyridine rings is 1. The highest BCUT2D eigenvalue weighted by Gasteiger charge is 2.43. The van der Waals surface area contributed by atoms with Gasteiger partial charge in [0.1, 0.15) is 3.70 Å². The van der Waals surface area contributed by atoms with E-state index in [2.05, 4.69) is 9.72 Å². The summed E-state index contributed by atoms with van der Waals surface area (Å²) < 4.78 is 101. The molecule has 0 saturated heterocycles. The molecule has 1 aromatic rings. The van der Waals surface area contributed by atoms with Crippen LogP contribution in [0.5, 0.6) is 5.75 Å². The highest BCUT2D eigenvalue weighted by molar-refractivity contribution is 14.1. The van der Waals surface area contributed by atoms with Crippen molar-refractivity contribution >= 4 is 22.6 Å². The zero-order chi connectivity index (χ0) is 15.0. The molecule has 1 aromatic heterocycles. The summed E-state index contributed by atoms with van der Waals surface area (Å²) in [5, 5.41) is 0. The first kappa shape index (κ1) is 16.2. The topological polar surface area (TPSA) is 22.1 Å². The largest absolute Gasteiger partial charge is 0.573 e. The number of aromatic nitrogens is 1. The van der Waals surface area contributed by atoms with Gasteiger partial charge in [-0.3, -0.25) is 0 Å². The molecule has 0 saturated carbocycles. The molecular formula is C8H2F8INO. The fourth-order valence-corrected chi connectivity index (χ4v) is 1.67. The second-order valence-electron chi connectivity index (χ2n) is 3.06. The minimum absolute atomic E-state index is 0.390. The number of halogens is 9. The van der Waals surface area contributed by atoms with E-state index >= 15 is 0 Å². The zero-order valence-electron chi connectivity index (χ0n) is 8.41. The highest BCUT2D eigenvalue weighted by atomic mass is 127. The van der Waals surface area contributed by atoms with Gasteiger partial charge in [0.25, 0.3) is 6.43 Å². The van der Waals surface area contributed by atoms with Crippen molar-refractivity contribution in [1.82, 2.24) is 4.98 Å². The van der Waals surface area contributed by atoms with Crippen LogP contribution in [0.15, 0.2) is 6.07 Å². The van der Waals surface area contributed by atoms with Gasteiger partial charge in [0, 0.05) is 0 Å². The average Bonchev–Trinajstić information content (AvgIpc) is 2.16. The smallest absolute Gasteiger partial charge is 0.403 e. The monoisotopic (exact) mass is 407 g/mol. The number of hydrogen-bond donors (Lipinski definition) is 0. The molecule has 0 aliphatic rings. The van der Waals surface area contributed by atoms with E-state index in [-0.39, 0.29) is 0 Å². The second-order valence-corrected chi connectivity index (χ2v) is 4.16. The predicted octanol–water partition coefficient (Wildman–Crippen LogP) is 4.54. The molecule has 0 atom stereocenters. The summed E-state index contributed by atoms with van der Waals surface area (Å²) in [6, 6.07) is 0.390. The van der Waals surface area contributed by atoms with E-state index in [4.69, 9.17) is 0 Å². The molecule has 0 aliphatic carbocycles. The van der Waals surface area contributed by atoms with E-state index in [1.54, 1.807) is 0 Å². The van der Waals surface area contributed by atoms with Gasteiger partial charge in [0.2, 0.25) is 0 Å². The normalized spacial score (nSPS) is 12.9. The van der Waals surface area contributed by atoms with E-state index in [0.29, 0.717) is 6.07 Å². The number of ether oxygens (including phenoxy) is 1. The first-order valence-electron chi connectivity index (χ1n) is 4.23. The van der Waals surface area contributed by atoms with Crippen molar-refractivity contribution in [3.63, 3.8) is 0 Å². The minimum atomic E-state index is -5.54. The van der Waals surface area contributed by atoms with Crippen molar-refractivity contribution in [2.24, 2.45) is 0 Å². The maximum atomic E-state index is 12.5. The van der Waals surface area contributed by atoms with Crippen LogP contribution in [-0.4, -0.2) is 11.3 Å². The average molecular weight is 407 g/mol. The van der Waals surface area contributed by atoms with Crippen LogP contribution in [0.4, 0.5) is 35.1 Å². The van der Waals surface area contributed by atoms with Crippen molar-refractivity contribution in [3.8, 4) is 5.75 Å². The molecular weight excluding hydrogens is 405 g/mol. The molecule has 0 bridgehead atoms. The van der Waals surface area contributed by atoms with Gasteiger partial charge in [-0.05, 0) is 28.7 Å². The highest BCUT2D eigenvalue weighted by Crippen LogP contribution is 2.42. The van der Waals surface area contributed by atoms with Crippen LogP contribution in [-0.2, 0) is 6.18 Å². The minimum Gasteiger partial charge on any atom is -0.403 e. The Morgan fingerprint density at radius 1 is 1.11 bits per heavy atom. The van der Waals surface area contributed by atoms with Gasteiger partial charge in [-0.15, -0.1) is 13.2 Å². The third kappa shape index (κ3) is 4.31. The van der Waals surface area contributed by atoms with E-state index in [0.717, 1.165) is 0 Å². The van der Waals surface area contributed by atoms with Gasteiger partial charge in [0.15, 0.2) is 11.4 Å². The van der Waals surface area contributed by atoms with E-state index in [1.165, 1.54) is 22.6 Å². The van der Waals surface area contributed by atoms with E-state index in [9.17, 15) is 35.1 Å². The molecule has 11 heteroatoms. The molecule has 0 aromatic carbocycles. The maximum absolute atomic E-state index is 12.5. The third-order valence-corrected chi connectivity index (χ3v) is 2.24. The Hall–Kier alpha value is -0.880. The Labute approximate surface area is 113 Å². The van der Waals surface area contributed by atoms with Crippen LogP contribution >= 0.6 is 22.6 Å². The van der Waals surface area contributed by atoms with Crippen molar-refractivity contribution in [2.45, 2.75) is 19.0 Å². The van der Waals surface area contributed by atoms with Crippen LogP contribution < -0.4 is 4.74 Å². The fraction of sp³-hybridized carbons (Fsp3) is 0.375. The molecule has 1 heterocycles. The molecule has 0 fully saturated rings. The second kappa shape index (κ2) is 5.25. The van der Waals surface area contributed by atoms with Crippen LogP contribution in [0.25, 0.3) is 0 Å². The van der Waals surface area contributed by atoms with Gasteiger partial charge in [0.05, 0.1) is 5.56 Å². The number of alkyl halides is 8. The van der Waals surface area contributed by atoms with Crippen LogP contribution in [0.2, 0.25) is 0 Å². The van der Waals surface area contributed by atoms with E-state index in [1.807, 2.05) is 0 Å². The standard InChI is InChI=1S/C8H2F8INO/c9-6(10)2-1-3(17)18-5(7(11,12)13)4(2)19-8(14,15)16/h1,6H. The molecule has 2 nitrogen and oxygen atoms in total. The van der Waals surface area contributed by atoms with Crippen LogP contribution in [0.3, 0.4) is 0 Å². The van der Waals surface area contributed by atoms with Gasteiger partial charge < -0.3 is 4.74 Å². The van der Waals surface area contributed by atoms with E-state index < -0.39 is 39.7 Å². The molecule has 0 spiro atoms. The van der Waals surface area contributed by atoms with Crippen LogP contribution in [0, 0.1) is 3.70 Å². The summed E-state index contributed by atoms with van der Waals surface area (Å²) in [4.78, 5) is 2.77. The summed E-state index contributed by atoms with van der Waals surface area (Å²) in [6.45, 7) is 0. The molecule has 0 amide bonds. The first-order valence-corrected chi connectivity index (χ1v) is 5.31. The lowest BCUT2D eigenvalue weighted by molar-refractivity contribution is -0.277. The number of hydrogen-bond acceptors (Lipinski definition) is 2. The fourth-order valence-electron chi connectivity index (χ4n) is 1.10. The zero-order valence-corrected chi connectivity index (χ0v) is 10.6. The first-order chi connectivity index (χ1) is 8.42. The quantitative estimate of drug-likeness (QED) is 0.408. The van der Waals surface area contributed by atoms with Crippen molar-refractivity contribution in [3.05, 3.63) is 21.0 Å². The summed E-state index contributed by atoms with van der Waals surface area (Å²) in [7, 11) is 0.